The zero-order valence-electron chi connectivity index (χ0n) is 20.2. The molecule has 176 valence electrons. The molecule has 3 aromatic carbocycles. The topological polar surface area (TPSA) is 6.48 Å². The average Bonchev–Trinajstić information content (AvgIpc) is 2.86. The number of anilines is 1. The highest BCUT2D eigenvalue weighted by Gasteiger charge is 2.28. The Hall–Kier alpha value is -2.91. The smallest absolute Gasteiger partial charge is 0.123 e. The Kier molecular flexibility index (Phi) is 7.10. The van der Waals surface area contributed by atoms with E-state index < -0.39 is 0 Å². The maximum Gasteiger partial charge on any atom is 0.123 e. The van der Waals surface area contributed by atoms with Crippen LogP contribution in [-0.4, -0.2) is 31.1 Å². The second kappa shape index (κ2) is 10.6. The molecule has 0 aliphatic carbocycles. The van der Waals surface area contributed by atoms with Gasteiger partial charge in [0, 0.05) is 18.8 Å². The molecule has 0 bridgehead atoms. The van der Waals surface area contributed by atoms with E-state index in [9.17, 15) is 4.39 Å². The second-order valence-corrected chi connectivity index (χ2v) is 9.85. The molecule has 0 radical (unpaired) electrons. The lowest BCUT2D eigenvalue weighted by Gasteiger charge is -2.39. The molecule has 3 aromatic rings. The fourth-order valence-corrected chi connectivity index (χ4v) is 5.47. The molecule has 2 nitrogen and oxygen atoms in total. The molecule has 0 spiro atoms. The summed E-state index contributed by atoms with van der Waals surface area (Å²) in [5.74, 6) is -0.183. The van der Waals surface area contributed by atoms with Gasteiger partial charge in [0.1, 0.15) is 5.82 Å². The summed E-state index contributed by atoms with van der Waals surface area (Å²) in [4.78, 5) is 4.99. The van der Waals surface area contributed by atoms with Gasteiger partial charge in [-0.2, -0.15) is 0 Å². The van der Waals surface area contributed by atoms with Crippen molar-refractivity contribution in [2.24, 2.45) is 0 Å². The first-order chi connectivity index (χ1) is 16.7. The normalized spacial score (nSPS) is 18.9. The van der Waals surface area contributed by atoms with Gasteiger partial charge in [-0.1, -0.05) is 66.6 Å². The molecular weight excluding hydrogens is 419 g/mol. The minimum Gasteiger partial charge on any atom is -0.364 e. The molecule has 0 aromatic heterocycles. The first kappa shape index (κ1) is 22.9. The fraction of sp³-hybridized carbons (Fsp3) is 0.355. The molecule has 2 aliphatic rings. The van der Waals surface area contributed by atoms with Crippen molar-refractivity contribution in [1.82, 2.24) is 4.90 Å². The van der Waals surface area contributed by atoms with Crippen molar-refractivity contribution in [3.63, 3.8) is 0 Å². The minimum atomic E-state index is -0.183. The Morgan fingerprint density at radius 2 is 1.65 bits per heavy atom. The Labute approximate surface area is 203 Å². The molecule has 1 atom stereocenters. The molecule has 2 aliphatic heterocycles. The van der Waals surface area contributed by atoms with Crippen molar-refractivity contribution in [3.05, 3.63) is 106 Å². The van der Waals surface area contributed by atoms with E-state index >= 15 is 0 Å². The number of nitrogens with zero attached hydrogens (tertiary/aromatic N) is 2. The van der Waals surface area contributed by atoms with Gasteiger partial charge in [-0.25, -0.2) is 4.39 Å². The molecule has 1 unspecified atom stereocenters. The summed E-state index contributed by atoms with van der Waals surface area (Å²) in [5, 5.41) is 0. The number of aryl methyl sites for hydroxylation is 1. The van der Waals surface area contributed by atoms with Crippen molar-refractivity contribution < 1.29 is 4.39 Å². The van der Waals surface area contributed by atoms with Gasteiger partial charge in [0.25, 0.3) is 0 Å². The van der Waals surface area contributed by atoms with Crippen molar-refractivity contribution in [3.8, 4) is 0 Å². The van der Waals surface area contributed by atoms with Crippen molar-refractivity contribution in [2.45, 2.75) is 45.1 Å². The predicted molar refractivity (Wildman–Crippen MR) is 141 cm³/mol. The Morgan fingerprint density at radius 3 is 2.41 bits per heavy atom. The summed E-state index contributed by atoms with van der Waals surface area (Å²) >= 11 is 0. The SMILES string of the molecule is Cc1ccc2c(c1)CCN(c1ccc(F)cc1)C2Cc1ccc(/C=C/CN2CCCCC2)cc1. The molecule has 3 heteroatoms. The summed E-state index contributed by atoms with van der Waals surface area (Å²) in [6.07, 6.45) is 10.6. The minimum absolute atomic E-state index is 0.183. The van der Waals surface area contributed by atoms with E-state index in [0.29, 0.717) is 0 Å². The van der Waals surface area contributed by atoms with Gasteiger partial charge in [0.2, 0.25) is 0 Å². The molecule has 1 fully saturated rings. The van der Waals surface area contributed by atoms with E-state index in [1.807, 2.05) is 12.1 Å². The Morgan fingerprint density at radius 1 is 0.882 bits per heavy atom. The monoisotopic (exact) mass is 454 g/mol. The van der Waals surface area contributed by atoms with Crippen LogP contribution < -0.4 is 4.90 Å². The van der Waals surface area contributed by atoms with Crippen LogP contribution in [0, 0.1) is 12.7 Å². The van der Waals surface area contributed by atoms with Crippen LogP contribution >= 0.6 is 0 Å². The first-order valence-corrected chi connectivity index (χ1v) is 12.8. The van der Waals surface area contributed by atoms with Crippen LogP contribution in [0.2, 0.25) is 0 Å². The highest BCUT2D eigenvalue weighted by molar-refractivity contribution is 5.54. The maximum absolute atomic E-state index is 13.6. The number of benzene rings is 3. The zero-order chi connectivity index (χ0) is 23.3. The van der Waals surface area contributed by atoms with Crippen LogP contribution in [-0.2, 0) is 12.8 Å². The lowest BCUT2D eigenvalue weighted by Crippen LogP contribution is -2.36. The highest BCUT2D eigenvalue weighted by Crippen LogP contribution is 2.36. The third-order valence-corrected chi connectivity index (χ3v) is 7.35. The summed E-state index contributed by atoms with van der Waals surface area (Å²) in [6.45, 7) is 6.63. The number of fused-ring (bicyclic) bond motifs is 1. The van der Waals surface area contributed by atoms with Gasteiger partial charge in [0.05, 0.1) is 6.04 Å². The van der Waals surface area contributed by atoms with E-state index in [4.69, 9.17) is 0 Å². The van der Waals surface area contributed by atoms with Crippen LogP contribution in [0.4, 0.5) is 10.1 Å². The summed E-state index contributed by atoms with van der Waals surface area (Å²) in [6, 6.07) is 23.1. The lowest BCUT2D eigenvalue weighted by molar-refractivity contribution is 0.252. The second-order valence-electron chi connectivity index (χ2n) is 9.85. The molecular formula is C31H35FN2. The molecule has 0 N–H and O–H groups in total. The van der Waals surface area contributed by atoms with Gasteiger partial charge in [-0.15, -0.1) is 0 Å². The van der Waals surface area contributed by atoms with Gasteiger partial charge < -0.3 is 4.90 Å². The van der Waals surface area contributed by atoms with Crippen LogP contribution in [0.1, 0.15) is 53.1 Å². The third kappa shape index (κ3) is 5.42. The van der Waals surface area contributed by atoms with Crippen molar-refractivity contribution in [2.75, 3.05) is 31.1 Å². The number of hydrogen-bond donors (Lipinski definition) is 0. The van der Waals surface area contributed by atoms with Crippen LogP contribution in [0.5, 0.6) is 0 Å². The van der Waals surface area contributed by atoms with Crippen molar-refractivity contribution in [1.29, 1.82) is 0 Å². The lowest BCUT2D eigenvalue weighted by atomic mass is 9.87. The zero-order valence-corrected chi connectivity index (χ0v) is 20.2. The summed E-state index contributed by atoms with van der Waals surface area (Å²) in [7, 11) is 0. The maximum atomic E-state index is 13.6. The number of hydrogen-bond acceptors (Lipinski definition) is 2. The first-order valence-electron chi connectivity index (χ1n) is 12.8. The third-order valence-electron chi connectivity index (χ3n) is 7.35. The van der Waals surface area contributed by atoms with E-state index in [0.717, 1.165) is 31.6 Å². The van der Waals surface area contributed by atoms with Gasteiger partial charge >= 0.3 is 0 Å². The predicted octanol–water partition coefficient (Wildman–Crippen LogP) is 6.98. The van der Waals surface area contributed by atoms with Gasteiger partial charge in [-0.05, 0) is 92.2 Å². The summed E-state index contributed by atoms with van der Waals surface area (Å²) < 4.78 is 13.6. The average molecular weight is 455 g/mol. The van der Waals surface area contributed by atoms with Crippen LogP contribution in [0.25, 0.3) is 6.08 Å². The number of likely N-dealkylation sites (tertiary alicyclic amines) is 1. The van der Waals surface area contributed by atoms with E-state index in [2.05, 4.69) is 71.3 Å². The Balaban J connectivity index is 1.33. The molecule has 0 amide bonds. The van der Waals surface area contributed by atoms with E-state index in [-0.39, 0.29) is 11.9 Å². The number of rotatable bonds is 6. The summed E-state index contributed by atoms with van der Waals surface area (Å²) in [5.41, 5.74) is 7.84. The Bertz CT molecular complexity index is 1110. The van der Waals surface area contributed by atoms with E-state index in [1.165, 1.54) is 60.2 Å². The largest absolute Gasteiger partial charge is 0.364 e. The van der Waals surface area contributed by atoms with Gasteiger partial charge in [0.15, 0.2) is 0 Å². The fourth-order valence-electron chi connectivity index (χ4n) is 5.47. The molecule has 34 heavy (non-hydrogen) atoms. The van der Waals surface area contributed by atoms with Crippen LogP contribution in [0.3, 0.4) is 0 Å². The van der Waals surface area contributed by atoms with Gasteiger partial charge in [-0.3, -0.25) is 4.90 Å². The molecule has 2 heterocycles. The van der Waals surface area contributed by atoms with Crippen molar-refractivity contribution >= 4 is 11.8 Å². The molecule has 5 rings (SSSR count). The standard InChI is InChI=1S/C31H35FN2/c1-24-7-16-30-27(22-24)17-21-34(29-14-12-28(32)13-15-29)31(30)23-26-10-8-25(9-11-26)6-5-20-33-18-3-2-4-19-33/h5-16,22,31H,2-4,17-21,23H2,1H3/b6-5+. The van der Waals surface area contributed by atoms with E-state index in [1.54, 1.807) is 12.1 Å². The number of piperidine rings is 1. The molecule has 1 saturated heterocycles. The molecule has 0 saturated carbocycles. The number of halogens is 1. The van der Waals surface area contributed by atoms with Crippen LogP contribution in [0.15, 0.2) is 72.8 Å². The highest BCUT2D eigenvalue weighted by atomic mass is 19.1. The quantitative estimate of drug-likeness (QED) is 0.396.